The molecule has 0 saturated carbocycles. The van der Waals surface area contributed by atoms with Gasteiger partial charge in [0, 0.05) is 7.05 Å². The number of hydrogen-bond donors (Lipinski definition) is 0. The van der Waals surface area contributed by atoms with E-state index in [-0.39, 0.29) is 0 Å². The number of hydrogen-bond acceptors (Lipinski definition) is 3. The second-order valence-corrected chi connectivity index (χ2v) is 3.02. The van der Waals surface area contributed by atoms with Gasteiger partial charge in [-0.05, 0) is 19.1 Å². The normalized spacial score (nSPS) is 10.1. The van der Waals surface area contributed by atoms with Crippen molar-refractivity contribution in [3.63, 3.8) is 0 Å². The maximum Gasteiger partial charge on any atom is 0.177 e. The molecular weight excluding hydrogens is 178 g/mol. The number of aromatic nitrogens is 2. The van der Waals surface area contributed by atoms with Gasteiger partial charge >= 0.3 is 0 Å². The van der Waals surface area contributed by atoms with E-state index in [1.165, 1.54) is 0 Å². The summed E-state index contributed by atoms with van der Waals surface area (Å²) in [5.74, 6) is 1.36. The van der Waals surface area contributed by atoms with Crippen molar-refractivity contribution < 1.29 is 4.42 Å². The Morgan fingerprint density at radius 3 is 2.86 bits per heavy atom. The van der Waals surface area contributed by atoms with Gasteiger partial charge in [0.15, 0.2) is 17.3 Å². The molecular formula is C10H9N3O. The Labute approximate surface area is 81.4 Å². The highest BCUT2D eigenvalue weighted by atomic mass is 16.3. The third-order valence-electron chi connectivity index (χ3n) is 2.23. The van der Waals surface area contributed by atoms with E-state index in [2.05, 4.69) is 4.98 Å². The van der Waals surface area contributed by atoms with Crippen LogP contribution in [0.2, 0.25) is 0 Å². The van der Waals surface area contributed by atoms with Crippen LogP contribution in [0.5, 0.6) is 0 Å². The number of imidazole rings is 1. The van der Waals surface area contributed by atoms with Crippen LogP contribution < -0.4 is 0 Å². The van der Waals surface area contributed by atoms with E-state index >= 15 is 0 Å². The third-order valence-corrected chi connectivity index (χ3v) is 2.23. The average molecular weight is 187 g/mol. The molecule has 0 atom stereocenters. The first-order chi connectivity index (χ1) is 6.74. The third kappa shape index (κ3) is 1.11. The van der Waals surface area contributed by atoms with Crippen molar-refractivity contribution >= 4 is 0 Å². The predicted molar refractivity (Wildman–Crippen MR) is 50.4 cm³/mol. The zero-order chi connectivity index (χ0) is 10.1. The molecule has 4 heteroatoms. The molecule has 0 radical (unpaired) electrons. The number of furan rings is 1. The summed E-state index contributed by atoms with van der Waals surface area (Å²) in [6.07, 6.45) is 1.59. The minimum atomic E-state index is 0.443. The van der Waals surface area contributed by atoms with Gasteiger partial charge in [0.25, 0.3) is 0 Å². The fourth-order valence-electron chi connectivity index (χ4n) is 1.31. The Bertz CT molecular complexity index is 488. The van der Waals surface area contributed by atoms with Crippen molar-refractivity contribution in [1.82, 2.24) is 9.55 Å². The van der Waals surface area contributed by atoms with E-state index in [0.717, 1.165) is 5.69 Å². The smallest absolute Gasteiger partial charge is 0.177 e. The van der Waals surface area contributed by atoms with Gasteiger partial charge < -0.3 is 8.98 Å². The first-order valence-electron chi connectivity index (χ1n) is 4.21. The molecule has 0 bridgehead atoms. The Morgan fingerprint density at radius 1 is 1.57 bits per heavy atom. The summed E-state index contributed by atoms with van der Waals surface area (Å²) in [7, 11) is 1.86. The van der Waals surface area contributed by atoms with Gasteiger partial charge in [-0.3, -0.25) is 0 Å². The van der Waals surface area contributed by atoms with Crippen molar-refractivity contribution in [2.75, 3.05) is 0 Å². The molecule has 2 aromatic rings. The number of rotatable bonds is 1. The van der Waals surface area contributed by atoms with Gasteiger partial charge in [0.05, 0.1) is 12.0 Å². The Balaban J connectivity index is 2.62. The van der Waals surface area contributed by atoms with Crippen LogP contribution >= 0.6 is 0 Å². The molecule has 0 aliphatic heterocycles. The Morgan fingerprint density at radius 2 is 2.36 bits per heavy atom. The SMILES string of the molecule is Cc1c(C#N)nc(-c2ccco2)n1C. The molecule has 0 spiro atoms. The lowest BCUT2D eigenvalue weighted by Crippen LogP contribution is -1.93. The lowest BCUT2D eigenvalue weighted by molar-refractivity contribution is 0.573. The van der Waals surface area contributed by atoms with E-state index < -0.39 is 0 Å². The standard InChI is InChI=1S/C10H9N3O/c1-7-8(6-11)12-10(13(7)2)9-4-3-5-14-9/h3-5H,1-2H3. The van der Waals surface area contributed by atoms with Crippen molar-refractivity contribution in [3.05, 3.63) is 29.8 Å². The molecule has 0 N–H and O–H groups in total. The quantitative estimate of drug-likeness (QED) is 0.684. The minimum absolute atomic E-state index is 0.443. The summed E-state index contributed by atoms with van der Waals surface area (Å²) >= 11 is 0. The molecule has 14 heavy (non-hydrogen) atoms. The van der Waals surface area contributed by atoms with Gasteiger partial charge in [0.1, 0.15) is 6.07 Å². The molecule has 0 aliphatic rings. The molecule has 2 rings (SSSR count). The summed E-state index contributed by atoms with van der Waals surface area (Å²) in [5.41, 5.74) is 1.29. The van der Waals surface area contributed by atoms with E-state index in [1.807, 2.05) is 30.7 Å². The van der Waals surface area contributed by atoms with E-state index in [1.54, 1.807) is 12.3 Å². The van der Waals surface area contributed by atoms with E-state index in [9.17, 15) is 0 Å². The van der Waals surface area contributed by atoms with Gasteiger partial charge in [0.2, 0.25) is 0 Å². The first kappa shape index (κ1) is 8.57. The van der Waals surface area contributed by atoms with Gasteiger partial charge in [-0.25, -0.2) is 4.98 Å². The largest absolute Gasteiger partial charge is 0.461 e. The van der Waals surface area contributed by atoms with Crippen LogP contribution in [-0.2, 0) is 7.05 Å². The molecule has 70 valence electrons. The van der Waals surface area contributed by atoms with Crippen molar-refractivity contribution in [3.8, 4) is 17.7 Å². The van der Waals surface area contributed by atoms with Crippen LogP contribution in [0.1, 0.15) is 11.4 Å². The average Bonchev–Trinajstić information content (AvgIpc) is 2.78. The first-order valence-corrected chi connectivity index (χ1v) is 4.21. The zero-order valence-electron chi connectivity index (χ0n) is 7.98. The second kappa shape index (κ2) is 3.04. The maximum atomic E-state index is 8.80. The topological polar surface area (TPSA) is 54.8 Å². The van der Waals surface area contributed by atoms with Gasteiger partial charge in [-0.15, -0.1) is 0 Å². The second-order valence-electron chi connectivity index (χ2n) is 3.02. The zero-order valence-corrected chi connectivity index (χ0v) is 7.98. The van der Waals surface area contributed by atoms with Crippen molar-refractivity contribution in [2.24, 2.45) is 7.05 Å². The lowest BCUT2D eigenvalue weighted by atomic mass is 10.4. The molecule has 0 fully saturated rings. The van der Waals surface area contributed by atoms with Crippen LogP contribution in [0.25, 0.3) is 11.6 Å². The van der Waals surface area contributed by atoms with E-state index in [4.69, 9.17) is 9.68 Å². The van der Waals surface area contributed by atoms with Crippen molar-refractivity contribution in [1.29, 1.82) is 5.26 Å². The monoisotopic (exact) mass is 187 g/mol. The molecule has 2 aromatic heterocycles. The molecule has 0 aliphatic carbocycles. The van der Waals surface area contributed by atoms with Crippen LogP contribution in [0.15, 0.2) is 22.8 Å². The van der Waals surface area contributed by atoms with Crippen molar-refractivity contribution in [2.45, 2.75) is 6.92 Å². The molecule has 4 nitrogen and oxygen atoms in total. The van der Waals surface area contributed by atoms with Crippen LogP contribution in [0.3, 0.4) is 0 Å². The summed E-state index contributed by atoms with van der Waals surface area (Å²) in [6.45, 7) is 1.86. The fourth-order valence-corrected chi connectivity index (χ4v) is 1.31. The highest BCUT2D eigenvalue weighted by Gasteiger charge is 2.13. The Hall–Kier alpha value is -2.02. The number of nitrogens with zero attached hydrogens (tertiary/aromatic N) is 3. The van der Waals surface area contributed by atoms with Gasteiger partial charge in [-0.1, -0.05) is 0 Å². The summed E-state index contributed by atoms with van der Waals surface area (Å²) < 4.78 is 7.07. The summed E-state index contributed by atoms with van der Waals surface area (Å²) in [6, 6.07) is 5.66. The number of nitriles is 1. The maximum absolute atomic E-state index is 8.80. The predicted octanol–water partition coefficient (Wildman–Crippen LogP) is 1.86. The molecule has 0 saturated heterocycles. The van der Waals surface area contributed by atoms with Gasteiger partial charge in [-0.2, -0.15) is 5.26 Å². The highest BCUT2D eigenvalue weighted by Crippen LogP contribution is 2.20. The Kier molecular flexibility index (Phi) is 1.86. The summed E-state index contributed by atoms with van der Waals surface area (Å²) in [5, 5.41) is 8.80. The molecule has 2 heterocycles. The van der Waals surface area contributed by atoms with Crippen LogP contribution in [0, 0.1) is 18.3 Å². The van der Waals surface area contributed by atoms with E-state index in [0.29, 0.717) is 17.3 Å². The molecule has 0 amide bonds. The van der Waals surface area contributed by atoms with Crippen LogP contribution in [0.4, 0.5) is 0 Å². The highest BCUT2D eigenvalue weighted by molar-refractivity contribution is 5.50. The fraction of sp³-hybridized carbons (Fsp3) is 0.200. The molecule has 0 aromatic carbocycles. The summed E-state index contributed by atoms with van der Waals surface area (Å²) in [4.78, 5) is 4.18. The minimum Gasteiger partial charge on any atom is -0.461 e. The molecule has 0 unspecified atom stereocenters. The van der Waals surface area contributed by atoms with Crippen LogP contribution in [-0.4, -0.2) is 9.55 Å². The lowest BCUT2D eigenvalue weighted by Gasteiger charge is -1.98.